The van der Waals surface area contributed by atoms with Gasteiger partial charge in [0.25, 0.3) is 0 Å². The normalized spacial score (nSPS) is 11.3. The van der Waals surface area contributed by atoms with Crippen molar-refractivity contribution in [2.45, 2.75) is 64.2 Å². The second-order valence-corrected chi connectivity index (χ2v) is 5.45. The molecular weight excluding hydrogens is 259 g/mol. The van der Waals surface area contributed by atoms with Crippen LogP contribution in [0, 0.1) is 0 Å². The van der Waals surface area contributed by atoms with Crippen LogP contribution >= 0.6 is 20.2 Å². The van der Waals surface area contributed by atoms with E-state index in [9.17, 15) is 0 Å². The summed E-state index contributed by atoms with van der Waals surface area (Å²) >= 11 is 5.60. The van der Waals surface area contributed by atoms with Crippen LogP contribution in [0.25, 0.3) is 0 Å². The van der Waals surface area contributed by atoms with Gasteiger partial charge < -0.3 is 14.3 Å². The molecule has 0 aliphatic rings. The van der Waals surface area contributed by atoms with Crippen LogP contribution in [0.15, 0.2) is 0 Å². The third-order valence-corrected chi connectivity index (χ3v) is 3.42. The van der Waals surface area contributed by atoms with Crippen LogP contribution in [0.5, 0.6) is 0 Å². The predicted octanol–water partition coefficient (Wildman–Crippen LogP) is 4.35. The monoisotopic (exact) mass is 284 g/mol. The highest BCUT2D eigenvalue weighted by Crippen LogP contribution is 2.24. The minimum absolute atomic E-state index is 0.469. The number of hydrogen-bond acceptors (Lipinski definition) is 3. The lowest BCUT2D eigenvalue weighted by Gasteiger charge is -2.04. The van der Waals surface area contributed by atoms with Crippen LogP contribution in [0.1, 0.15) is 64.2 Å². The average molecular weight is 285 g/mol. The maximum Gasteiger partial charge on any atom is 0.327 e. The first-order chi connectivity index (χ1) is 8.27. The van der Waals surface area contributed by atoms with E-state index in [0.29, 0.717) is 6.61 Å². The minimum Gasteiger partial charge on any atom is -0.328 e. The lowest BCUT2D eigenvalue weighted by Crippen LogP contribution is -1.89. The molecule has 0 spiro atoms. The molecule has 0 aromatic carbocycles. The maximum absolute atomic E-state index is 8.50. The van der Waals surface area contributed by atoms with Gasteiger partial charge in [-0.25, -0.2) is 0 Å². The van der Waals surface area contributed by atoms with Crippen molar-refractivity contribution in [3.8, 4) is 0 Å². The maximum atomic E-state index is 8.50. The molecule has 0 aromatic rings. The SMILES string of the molecule is OP(O)OCCCCCCCCCCCCCl. The zero-order valence-corrected chi connectivity index (χ0v) is 12.3. The van der Waals surface area contributed by atoms with Crippen LogP contribution in [0.3, 0.4) is 0 Å². The highest BCUT2D eigenvalue weighted by atomic mass is 35.5. The summed E-state index contributed by atoms with van der Waals surface area (Å²) < 4.78 is 4.69. The summed E-state index contributed by atoms with van der Waals surface area (Å²) in [4.78, 5) is 17.0. The zero-order valence-electron chi connectivity index (χ0n) is 10.6. The fourth-order valence-electron chi connectivity index (χ4n) is 1.76. The first-order valence-corrected chi connectivity index (χ1v) is 8.34. The molecule has 0 fully saturated rings. The highest BCUT2D eigenvalue weighted by Gasteiger charge is 1.98. The molecule has 0 saturated heterocycles. The molecule has 0 unspecified atom stereocenters. The number of rotatable bonds is 13. The van der Waals surface area contributed by atoms with Gasteiger partial charge in [0.15, 0.2) is 0 Å². The Labute approximate surface area is 112 Å². The first-order valence-electron chi connectivity index (χ1n) is 6.64. The summed E-state index contributed by atoms with van der Waals surface area (Å²) in [6.07, 6.45) is 12.3. The topological polar surface area (TPSA) is 49.7 Å². The van der Waals surface area contributed by atoms with Gasteiger partial charge in [0.1, 0.15) is 0 Å². The van der Waals surface area contributed by atoms with E-state index in [0.717, 1.165) is 25.1 Å². The van der Waals surface area contributed by atoms with Gasteiger partial charge in [0.05, 0.1) is 6.61 Å². The lowest BCUT2D eigenvalue weighted by atomic mass is 10.1. The van der Waals surface area contributed by atoms with E-state index in [1.807, 2.05) is 0 Å². The van der Waals surface area contributed by atoms with Crippen molar-refractivity contribution in [2.75, 3.05) is 12.5 Å². The van der Waals surface area contributed by atoms with Gasteiger partial charge in [-0.3, -0.25) is 0 Å². The van der Waals surface area contributed by atoms with E-state index in [1.165, 1.54) is 44.9 Å². The van der Waals surface area contributed by atoms with Gasteiger partial charge in [-0.15, -0.1) is 11.6 Å². The number of alkyl halides is 1. The van der Waals surface area contributed by atoms with Gasteiger partial charge in [0.2, 0.25) is 0 Å². The third kappa shape index (κ3) is 16.6. The molecule has 104 valence electrons. The summed E-state index contributed by atoms with van der Waals surface area (Å²) in [5.41, 5.74) is 0. The molecule has 0 atom stereocenters. The molecule has 0 bridgehead atoms. The van der Waals surface area contributed by atoms with Crippen molar-refractivity contribution < 1.29 is 14.3 Å². The molecule has 5 heteroatoms. The van der Waals surface area contributed by atoms with E-state index >= 15 is 0 Å². The van der Waals surface area contributed by atoms with Crippen LogP contribution in [-0.4, -0.2) is 22.3 Å². The molecule has 3 nitrogen and oxygen atoms in total. The molecular formula is C12H26ClO3P. The quantitative estimate of drug-likeness (QED) is 0.300. The fraction of sp³-hybridized carbons (Fsp3) is 1.00. The third-order valence-electron chi connectivity index (χ3n) is 2.73. The summed E-state index contributed by atoms with van der Waals surface area (Å²) in [6, 6.07) is 0. The minimum atomic E-state index is -2.15. The summed E-state index contributed by atoms with van der Waals surface area (Å²) in [6.45, 7) is 0.469. The van der Waals surface area contributed by atoms with E-state index in [-0.39, 0.29) is 0 Å². The molecule has 0 aliphatic carbocycles. The molecule has 0 aromatic heterocycles. The molecule has 0 saturated carbocycles. The van der Waals surface area contributed by atoms with E-state index < -0.39 is 8.60 Å². The Morgan fingerprint density at radius 2 is 1.12 bits per heavy atom. The number of hydrogen-bond donors (Lipinski definition) is 2. The van der Waals surface area contributed by atoms with Crippen LogP contribution < -0.4 is 0 Å². The Hall–Kier alpha value is 0.600. The van der Waals surface area contributed by atoms with Crippen molar-refractivity contribution in [2.24, 2.45) is 0 Å². The lowest BCUT2D eigenvalue weighted by molar-refractivity contribution is 0.248. The standard InChI is InChI=1S/C12H26ClO3P/c13-11-9-7-5-3-1-2-4-6-8-10-12-16-17(14)15/h14-15H,1-12H2. The largest absolute Gasteiger partial charge is 0.328 e. The second kappa shape index (κ2) is 14.7. The summed E-state index contributed by atoms with van der Waals surface area (Å²) in [5, 5.41) is 0. The molecule has 0 aliphatic heterocycles. The molecule has 0 heterocycles. The summed E-state index contributed by atoms with van der Waals surface area (Å²) in [7, 11) is -2.15. The van der Waals surface area contributed by atoms with Crippen LogP contribution in [0.4, 0.5) is 0 Å². The van der Waals surface area contributed by atoms with Crippen molar-refractivity contribution >= 4 is 20.2 Å². The van der Waals surface area contributed by atoms with Gasteiger partial charge in [-0.2, -0.15) is 0 Å². The van der Waals surface area contributed by atoms with E-state index in [4.69, 9.17) is 21.4 Å². The van der Waals surface area contributed by atoms with E-state index in [2.05, 4.69) is 4.52 Å². The smallest absolute Gasteiger partial charge is 0.327 e. The van der Waals surface area contributed by atoms with Gasteiger partial charge in [-0.1, -0.05) is 51.4 Å². The second-order valence-electron chi connectivity index (χ2n) is 4.31. The van der Waals surface area contributed by atoms with Gasteiger partial charge >= 0.3 is 8.60 Å². The molecule has 17 heavy (non-hydrogen) atoms. The number of halogens is 1. The first kappa shape index (κ1) is 17.6. The Kier molecular flexibility index (Phi) is 15.2. The average Bonchev–Trinajstić information content (AvgIpc) is 2.30. The molecule has 0 rings (SSSR count). The highest BCUT2D eigenvalue weighted by molar-refractivity contribution is 7.39. The van der Waals surface area contributed by atoms with Crippen LogP contribution in [0.2, 0.25) is 0 Å². The van der Waals surface area contributed by atoms with Gasteiger partial charge in [-0.05, 0) is 12.8 Å². The Morgan fingerprint density at radius 1 is 0.706 bits per heavy atom. The Bertz CT molecular complexity index is 148. The van der Waals surface area contributed by atoms with Gasteiger partial charge in [0, 0.05) is 5.88 Å². The molecule has 2 N–H and O–H groups in total. The van der Waals surface area contributed by atoms with Crippen LogP contribution in [-0.2, 0) is 4.52 Å². The predicted molar refractivity (Wildman–Crippen MR) is 74.2 cm³/mol. The molecule has 0 amide bonds. The Balaban J connectivity index is 2.89. The Morgan fingerprint density at radius 3 is 1.53 bits per heavy atom. The number of unbranched alkanes of at least 4 members (excludes halogenated alkanes) is 9. The van der Waals surface area contributed by atoms with Crippen molar-refractivity contribution in [1.29, 1.82) is 0 Å². The molecule has 0 radical (unpaired) electrons. The summed E-state index contributed by atoms with van der Waals surface area (Å²) in [5.74, 6) is 0.798. The van der Waals surface area contributed by atoms with E-state index in [1.54, 1.807) is 0 Å². The van der Waals surface area contributed by atoms with Crippen molar-refractivity contribution in [1.82, 2.24) is 0 Å². The van der Waals surface area contributed by atoms with Crippen molar-refractivity contribution in [3.63, 3.8) is 0 Å². The van der Waals surface area contributed by atoms with Crippen molar-refractivity contribution in [3.05, 3.63) is 0 Å². The fourth-order valence-corrected chi connectivity index (χ4v) is 2.24. The zero-order chi connectivity index (χ0) is 12.8.